The second kappa shape index (κ2) is 6.14. The van der Waals surface area contributed by atoms with Gasteiger partial charge in [0, 0.05) is 0 Å². The molecule has 2 amide bonds. The Balaban J connectivity index is 0.000000151. The van der Waals surface area contributed by atoms with Gasteiger partial charge in [-0.05, 0) is 18.6 Å². The number of hydrogen-bond donors (Lipinski definition) is 1. The third kappa shape index (κ3) is 3.12. The van der Waals surface area contributed by atoms with Gasteiger partial charge in [-0.3, -0.25) is 14.9 Å². The summed E-state index contributed by atoms with van der Waals surface area (Å²) in [7, 11) is 2.03. The van der Waals surface area contributed by atoms with E-state index in [0.717, 1.165) is 6.54 Å². The third-order valence-corrected chi connectivity index (χ3v) is 2.95. The van der Waals surface area contributed by atoms with E-state index in [2.05, 4.69) is 40.1 Å². The molecule has 2 heterocycles. The summed E-state index contributed by atoms with van der Waals surface area (Å²) in [6.45, 7) is 3.31. The number of benzene rings is 1. The summed E-state index contributed by atoms with van der Waals surface area (Å²) in [6, 6.07) is 6.74. The van der Waals surface area contributed by atoms with Crippen molar-refractivity contribution in [1.29, 1.82) is 0 Å². The average Bonchev–Trinajstić information content (AvgIpc) is 2.97. The van der Waals surface area contributed by atoms with Gasteiger partial charge in [0.2, 0.25) is 6.33 Å². The lowest BCUT2D eigenvalue weighted by Gasteiger charge is -1.88. The van der Waals surface area contributed by atoms with E-state index in [0.29, 0.717) is 11.1 Å². The van der Waals surface area contributed by atoms with Gasteiger partial charge >= 0.3 is 0 Å². The summed E-state index contributed by atoms with van der Waals surface area (Å²) >= 11 is 0. The van der Waals surface area contributed by atoms with Gasteiger partial charge in [-0.1, -0.05) is 19.1 Å². The van der Waals surface area contributed by atoms with Crippen molar-refractivity contribution >= 4 is 11.8 Å². The number of imide groups is 1. The fourth-order valence-corrected chi connectivity index (χ4v) is 2.01. The lowest BCUT2D eigenvalue weighted by Crippen LogP contribution is -2.23. The SMILES string of the molecule is CCCn1cc[n+](C)c1.O=C1NC(=O)c2ccccc21. The van der Waals surface area contributed by atoms with Crippen LogP contribution < -0.4 is 9.88 Å². The topological polar surface area (TPSA) is 55.0 Å². The van der Waals surface area contributed by atoms with Crippen LogP contribution >= 0.6 is 0 Å². The van der Waals surface area contributed by atoms with Gasteiger partial charge < -0.3 is 0 Å². The van der Waals surface area contributed by atoms with E-state index in [1.54, 1.807) is 24.3 Å². The molecule has 0 saturated carbocycles. The van der Waals surface area contributed by atoms with Crippen LogP contribution in [0.15, 0.2) is 43.0 Å². The number of imidazole rings is 1. The Kier molecular flexibility index (Phi) is 4.30. The van der Waals surface area contributed by atoms with Crippen molar-refractivity contribution in [3.8, 4) is 0 Å². The molecule has 104 valence electrons. The van der Waals surface area contributed by atoms with Crippen LogP contribution in [0.25, 0.3) is 0 Å². The highest BCUT2D eigenvalue weighted by Crippen LogP contribution is 2.13. The Morgan fingerprint density at radius 2 is 1.75 bits per heavy atom. The first-order chi connectivity index (χ1) is 9.61. The summed E-state index contributed by atoms with van der Waals surface area (Å²) in [5.74, 6) is -0.601. The first kappa shape index (κ1) is 14.0. The fourth-order valence-electron chi connectivity index (χ4n) is 2.01. The van der Waals surface area contributed by atoms with Crippen molar-refractivity contribution in [3.05, 3.63) is 54.1 Å². The standard InChI is InChI=1S/C8H5NO2.C7H13N2/c10-7-5-3-1-2-4-6(5)8(11)9-7;1-3-4-9-6-5-8(2)7-9/h1-4H,(H,9,10,11);5-7H,3-4H2,1-2H3/q;+1. The first-order valence-electron chi connectivity index (χ1n) is 6.57. The zero-order valence-corrected chi connectivity index (χ0v) is 11.7. The molecular weight excluding hydrogens is 254 g/mol. The van der Waals surface area contributed by atoms with Crippen LogP contribution in [0.1, 0.15) is 34.1 Å². The summed E-state index contributed by atoms with van der Waals surface area (Å²) in [6.07, 6.45) is 7.43. The van der Waals surface area contributed by atoms with Crippen molar-refractivity contribution in [2.45, 2.75) is 19.9 Å². The van der Waals surface area contributed by atoms with Crippen LogP contribution in [0.2, 0.25) is 0 Å². The third-order valence-electron chi connectivity index (χ3n) is 2.95. The van der Waals surface area contributed by atoms with E-state index in [4.69, 9.17) is 0 Å². The van der Waals surface area contributed by atoms with Crippen molar-refractivity contribution in [2.24, 2.45) is 7.05 Å². The maximum atomic E-state index is 10.9. The minimum absolute atomic E-state index is 0.300. The van der Waals surface area contributed by atoms with E-state index >= 15 is 0 Å². The number of nitrogens with zero attached hydrogens (tertiary/aromatic N) is 2. The highest BCUT2D eigenvalue weighted by molar-refractivity contribution is 6.21. The second-order valence-corrected chi connectivity index (χ2v) is 4.65. The number of nitrogens with one attached hydrogen (secondary N) is 1. The summed E-state index contributed by atoms with van der Waals surface area (Å²) < 4.78 is 4.23. The van der Waals surface area contributed by atoms with Crippen LogP contribution in [0.5, 0.6) is 0 Å². The van der Waals surface area contributed by atoms with Crippen LogP contribution in [0, 0.1) is 0 Å². The number of amides is 2. The Labute approximate surface area is 117 Å². The minimum atomic E-state index is -0.300. The van der Waals surface area contributed by atoms with Gasteiger partial charge in [-0.15, -0.1) is 0 Å². The van der Waals surface area contributed by atoms with Gasteiger partial charge in [0.15, 0.2) is 0 Å². The molecule has 5 heteroatoms. The van der Waals surface area contributed by atoms with E-state index in [1.165, 1.54) is 6.42 Å². The predicted molar refractivity (Wildman–Crippen MR) is 74.1 cm³/mol. The van der Waals surface area contributed by atoms with Gasteiger partial charge in [-0.25, -0.2) is 9.13 Å². The predicted octanol–water partition coefficient (Wildman–Crippen LogP) is 1.29. The number of carbonyl (C=O) groups excluding carboxylic acids is 2. The van der Waals surface area contributed by atoms with Crippen molar-refractivity contribution in [2.75, 3.05) is 0 Å². The summed E-state index contributed by atoms with van der Waals surface area (Å²) in [5.41, 5.74) is 0.940. The number of fused-ring (bicyclic) bond motifs is 1. The molecule has 0 bridgehead atoms. The quantitative estimate of drug-likeness (QED) is 0.661. The molecule has 0 spiro atoms. The van der Waals surface area contributed by atoms with E-state index in [9.17, 15) is 9.59 Å². The molecule has 0 aliphatic carbocycles. The Bertz CT molecular complexity index is 599. The second-order valence-electron chi connectivity index (χ2n) is 4.65. The summed E-state index contributed by atoms with van der Waals surface area (Å²) in [4.78, 5) is 21.9. The van der Waals surface area contributed by atoms with Crippen LogP contribution in [-0.2, 0) is 13.6 Å². The normalized spacial score (nSPS) is 12.5. The lowest BCUT2D eigenvalue weighted by atomic mass is 10.1. The molecule has 3 rings (SSSR count). The molecule has 0 atom stereocenters. The maximum absolute atomic E-state index is 10.9. The Morgan fingerprint density at radius 3 is 2.20 bits per heavy atom. The van der Waals surface area contributed by atoms with Gasteiger partial charge in [0.1, 0.15) is 12.4 Å². The maximum Gasteiger partial charge on any atom is 0.258 e. The highest BCUT2D eigenvalue weighted by Gasteiger charge is 2.25. The van der Waals surface area contributed by atoms with Gasteiger partial charge in [-0.2, -0.15) is 0 Å². The highest BCUT2D eigenvalue weighted by atomic mass is 16.2. The zero-order valence-electron chi connectivity index (χ0n) is 11.7. The number of aryl methyl sites for hydroxylation is 2. The molecule has 0 saturated heterocycles. The minimum Gasteiger partial charge on any atom is -0.288 e. The van der Waals surface area contributed by atoms with Gasteiger partial charge in [0.05, 0.1) is 24.7 Å². The van der Waals surface area contributed by atoms with Crippen molar-refractivity contribution in [1.82, 2.24) is 9.88 Å². The van der Waals surface area contributed by atoms with Crippen LogP contribution in [-0.4, -0.2) is 16.4 Å². The molecule has 0 unspecified atom stereocenters. The largest absolute Gasteiger partial charge is 0.288 e. The lowest BCUT2D eigenvalue weighted by molar-refractivity contribution is -0.671. The van der Waals surface area contributed by atoms with E-state index < -0.39 is 0 Å². The van der Waals surface area contributed by atoms with Crippen LogP contribution in [0.4, 0.5) is 0 Å². The number of hydrogen-bond acceptors (Lipinski definition) is 2. The zero-order chi connectivity index (χ0) is 14.5. The smallest absolute Gasteiger partial charge is 0.258 e. The molecule has 1 aliphatic heterocycles. The fraction of sp³-hybridized carbons (Fsp3) is 0.267. The molecule has 1 aliphatic rings. The number of rotatable bonds is 2. The van der Waals surface area contributed by atoms with E-state index in [-0.39, 0.29) is 11.8 Å². The van der Waals surface area contributed by atoms with Crippen LogP contribution in [0.3, 0.4) is 0 Å². The molecule has 1 N–H and O–H groups in total. The monoisotopic (exact) mass is 272 g/mol. The molecule has 0 radical (unpaired) electrons. The average molecular weight is 272 g/mol. The van der Waals surface area contributed by atoms with Crippen molar-refractivity contribution < 1.29 is 14.2 Å². The molecule has 5 nitrogen and oxygen atoms in total. The molecule has 1 aromatic heterocycles. The number of carbonyl (C=O) groups is 2. The molecule has 2 aromatic rings. The first-order valence-corrected chi connectivity index (χ1v) is 6.57. The number of aromatic nitrogens is 2. The Morgan fingerprint density at radius 1 is 1.15 bits per heavy atom. The Hall–Kier alpha value is -2.43. The molecular formula is C15H18N3O2+. The summed E-state index contributed by atoms with van der Waals surface area (Å²) in [5, 5.41) is 2.20. The van der Waals surface area contributed by atoms with Crippen molar-refractivity contribution in [3.63, 3.8) is 0 Å². The van der Waals surface area contributed by atoms with Gasteiger partial charge in [0.25, 0.3) is 11.8 Å². The van der Waals surface area contributed by atoms with E-state index in [1.807, 2.05) is 7.05 Å². The molecule has 20 heavy (non-hydrogen) atoms. The molecule has 0 fully saturated rings. The molecule has 1 aromatic carbocycles.